The SMILES string of the molecule is CN(C)CCCn1c(-c2ccc([N+](=O)[O-])cc2)cc2c1CCCCC2.Cl. The summed E-state index contributed by atoms with van der Waals surface area (Å²) in [5.41, 5.74) is 5.38. The summed E-state index contributed by atoms with van der Waals surface area (Å²) in [4.78, 5) is 12.8. The lowest BCUT2D eigenvalue weighted by molar-refractivity contribution is -0.384. The van der Waals surface area contributed by atoms with E-state index >= 15 is 0 Å². The number of aryl methyl sites for hydroxylation is 1. The third-order valence-corrected chi connectivity index (χ3v) is 5.02. The first-order valence-corrected chi connectivity index (χ1v) is 9.17. The minimum absolute atomic E-state index is 0. The highest BCUT2D eigenvalue weighted by atomic mass is 35.5. The lowest BCUT2D eigenvalue weighted by Gasteiger charge is -2.16. The van der Waals surface area contributed by atoms with Gasteiger partial charge in [0.25, 0.3) is 5.69 Å². The van der Waals surface area contributed by atoms with Gasteiger partial charge in [-0.05, 0) is 82.1 Å². The van der Waals surface area contributed by atoms with Gasteiger partial charge in [0.1, 0.15) is 0 Å². The van der Waals surface area contributed by atoms with Crippen LogP contribution in [0.25, 0.3) is 11.3 Å². The van der Waals surface area contributed by atoms with E-state index in [1.54, 1.807) is 12.1 Å². The normalized spacial score (nSPS) is 13.8. The van der Waals surface area contributed by atoms with Crippen molar-refractivity contribution in [2.75, 3.05) is 20.6 Å². The fourth-order valence-electron chi connectivity index (χ4n) is 3.74. The highest BCUT2D eigenvalue weighted by molar-refractivity contribution is 5.85. The van der Waals surface area contributed by atoms with Crippen LogP contribution in [0, 0.1) is 10.1 Å². The number of aromatic nitrogens is 1. The lowest BCUT2D eigenvalue weighted by Crippen LogP contribution is -2.16. The first-order chi connectivity index (χ1) is 12.1. The van der Waals surface area contributed by atoms with Crippen molar-refractivity contribution in [3.63, 3.8) is 0 Å². The molecule has 5 nitrogen and oxygen atoms in total. The van der Waals surface area contributed by atoms with Gasteiger partial charge in [-0.3, -0.25) is 10.1 Å². The molecular weight excluding hydrogens is 350 g/mol. The molecule has 1 aromatic carbocycles. The molecule has 0 radical (unpaired) electrons. The van der Waals surface area contributed by atoms with Crippen molar-refractivity contribution in [1.82, 2.24) is 9.47 Å². The van der Waals surface area contributed by atoms with Crippen molar-refractivity contribution in [3.05, 3.63) is 51.7 Å². The Kier molecular flexibility index (Phi) is 7.23. The monoisotopic (exact) mass is 377 g/mol. The number of non-ortho nitro benzene ring substituents is 1. The molecule has 1 aliphatic rings. The number of benzene rings is 1. The zero-order valence-corrected chi connectivity index (χ0v) is 16.4. The molecule has 0 N–H and O–H groups in total. The molecule has 1 aromatic heterocycles. The van der Waals surface area contributed by atoms with Gasteiger partial charge in [-0.1, -0.05) is 6.42 Å². The molecular formula is C20H28ClN3O2. The molecule has 0 aliphatic heterocycles. The molecule has 0 unspecified atom stereocenters. The van der Waals surface area contributed by atoms with Crippen LogP contribution in [0.15, 0.2) is 30.3 Å². The molecule has 26 heavy (non-hydrogen) atoms. The van der Waals surface area contributed by atoms with Gasteiger partial charge in [-0.2, -0.15) is 0 Å². The summed E-state index contributed by atoms with van der Waals surface area (Å²) in [5, 5.41) is 10.9. The third kappa shape index (κ3) is 4.65. The average Bonchev–Trinajstić information content (AvgIpc) is 2.77. The Balaban J connectivity index is 0.00000243. The van der Waals surface area contributed by atoms with Gasteiger partial charge >= 0.3 is 0 Å². The maximum Gasteiger partial charge on any atom is 0.269 e. The second-order valence-electron chi connectivity index (χ2n) is 7.17. The summed E-state index contributed by atoms with van der Waals surface area (Å²) in [7, 11) is 4.21. The summed E-state index contributed by atoms with van der Waals surface area (Å²) < 4.78 is 2.46. The topological polar surface area (TPSA) is 51.3 Å². The Labute approximate surface area is 161 Å². The first-order valence-electron chi connectivity index (χ1n) is 9.17. The summed E-state index contributed by atoms with van der Waals surface area (Å²) >= 11 is 0. The standard InChI is InChI=1S/C20H27N3O2.ClH/c1-21(2)13-6-14-22-19-8-5-3-4-7-17(19)15-20(22)16-9-11-18(12-10-16)23(24)25;/h9-12,15H,3-8,13-14H2,1-2H3;1H. The molecule has 142 valence electrons. The zero-order chi connectivity index (χ0) is 17.8. The molecule has 1 aliphatic carbocycles. The second-order valence-corrected chi connectivity index (χ2v) is 7.17. The predicted molar refractivity (Wildman–Crippen MR) is 108 cm³/mol. The van der Waals surface area contributed by atoms with E-state index in [0.717, 1.165) is 37.9 Å². The van der Waals surface area contributed by atoms with Gasteiger partial charge in [0.05, 0.1) is 4.92 Å². The van der Waals surface area contributed by atoms with Crippen molar-refractivity contribution in [1.29, 1.82) is 0 Å². The van der Waals surface area contributed by atoms with Crippen molar-refractivity contribution in [2.45, 2.75) is 45.1 Å². The number of hydrogen-bond acceptors (Lipinski definition) is 3. The number of nitro benzene ring substituents is 1. The van der Waals surface area contributed by atoms with Gasteiger partial charge in [0.2, 0.25) is 0 Å². The Morgan fingerprint density at radius 2 is 1.81 bits per heavy atom. The molecule has 0 amide bonds. The Hall–Kier alpha value is -1.85. The van der Waals surface area contributed by atoms with E-state index in [-0.39, 0.29) is 23.0 Å². The van der Waals surface area contributed by atoms with E-state index in [1.807, 2.05) is 12.1 Å². The Morgan fingerprint density at radius 3 is 2.46 bits per heavy atom. The predicted octanol–water partition coefficient (Wildman–Crippen LogP) is 4.71. The molecule has 6 heteroatoms. The van der Waals surface area contributed by atoms with Gasteiger partial charge in [-0.15, -0.1) is 12.4 Å². The highest BCUT2D eigenvalue weighted by Crippen LogP contribution is 2.31. The lowest BCUT2D eigenvalue weighted by atomic mass is 10.1. The van der Waals surface area contributed by atoms with Crippen molar-refractivity contribution in [2.24, 2.45) is 0 Å². The smallest absolute Gasteiger partial charge is 0.269 e. The van der Waals surface area contributed by atoms with Gasteiger partial charge < -0.3 is 9.47 Å². The van der Waals surface area contributed by atoms with Crippen molar-refractivity contribution in [3.8, 4) is 11.3 Å². The average molecular weight is 378 g/mol. The molecule has 0 fully saturated rings. The zero-order valence-electron chi connectivity index (χ0n) is 15.6. The van der Waals surface area contributed by atoms with Crippen LogP contribution in [0.1, 0.15) is 36.9 Å². The van der Waals surface area contributed by atoms with E-state index in [9.17, 15) is 10.1 Å². The van der Waals surface area contributed by atoms with Gasteiger partial charge in [0, 0.05) is 30.1 Å². The maximum atomic E-state index is 10.9. The summed E-state index contributed by atoms with van der Waals surface area (Å²) in [5.74, 6) is 0. The second kappa shape index (κ2) is 9.19. The van der Waals surface area contributed by atoms with Crippen LogP contribution in [0.5, 0.6) is 0 Å². The summed E-state index contributed by atoms with van der Waals surface area (Å²) in [6.45, 7) is 2.06. The van der Waals surface area contributed by atoms with E-state index < -0.39 is 0 Å². The van der Waals surface area contributed by atoms with Crippen LogP contribution in [0.3, 0.4) is 0 Å². The van der Waals surface area contributed by atoms with Crippen LogP contribution in [-0.2, 0) is 19.4 Å². The summed E-state index contributed by atoms with van der Waals surface area (Å²) in [6.07, 6.45) is 7.21. The van der Waals surface area contributed by atoms with Crippen LogP contribution in [0.4, 0.5) is 5.69 Å². The maximum absolute atomic E-state index is 10.9. The third-order valence-electron chi connectivity index (χ3n) is 5.02. The number of fused-ring (bicyclic) bond motifs is 1. The molecule has 1 heterocycles. The van der Waals surface area contributed by atoms with Crippen molar-refractivity contribution < 1.29 is 4.92 Å². The minimum atomic E-state index is -0.338. The molecule has 3 rings (SSSR count). The van der Waals surface area contributed by atoms with Gasteiger partial charge in [-0.25, -0.2) is 0 Å². The van der Waals surface area contributed by atoms with E-state index in [2.05, 4.69) is 29.6 Å². The van der Waals surface area contributed by atoms with Crippen LogP contribution in [-0.4, -0.2) is 35.0 Å². The number of rotatable bonds is 6. The number of hydrogen-bond donors (Lipinski definition) is 0. The highest BCUT2D eigenvalue weighted by Gasteiger charge is 2.18. The fraction of sp³-hybridized carbons (Fsp3) is 0.500. The molecule has 2 aromatic rings. The van der Waals surface area contributed by atoms with Crippen LogP contribution < -0.4 is 0 Å². The Bertz CT molecular complexity index is 738. The van der Waals surface area contributed by atoms with E-state index in [4.69, 9.17) is 0 Å². The number of halogens is 1. The number of nitro groups is 1. The molecule has 0 bridgehead atoms. The largest absolute Gasteiger partial charge is 0.344 e. The molecule has 0 saturated heterocycles. The molecule has 0 spiro atoms. The van der Waals surface area contributed by atoms with E-state index in [1.165, 1.54) is 36.2 Å². The number of nitrogens with zero attached hydrogens (tertiary/aromatic N) is 3. The minimum Gasteiger partial charge on any atom is -0.344 e. The van der Waals surface area contributed by atoms with Crippen LogP contribution >= 0.6 is 12.4 Å². The fourth-order valence-corrected chi connectivity index (χ4v) is 3.74. The molecule has 0 atom stereocenters. The van der Waals surface area contributed by atoms with E-state index in [0.29, 0.717) is 0 Å². The quantitative estimate of drug-likeness (QED) is 0.416. The first kappa shape index (κ1) is 20.5. The van der Waals surface area contributed by atoms with Crippen molar-refractivity contribution >= 4 is 18.1 Å². The Morgan fingerprint density at radius 1 is 1.12 bits per heavy atom. The summed E-state index contributed by atoms with van der Waals surface area (Å²) in [6, 6.07) is 9.30. The van der Waals surface area contributed by atoms with Gasteiger partial charge in [0.15, 0.2) is 0 Å². The van der Waals surface area contributed by atoms with Crippen LogP contribution in [0.2, 0.25) is 0 Å². The molecule has 0 saturated carbocycles.